The number of fused-ring (bicyclic) bond motifs is 1. The average molecular weight is 460 g/mol. The topological polar surface area (TPSA) is 47.4 Å². The Balaban J connectivity index is 1.40. The zero-order chi connectivity index (χ0) is 22.9. The van der Waals surface area contributed by atoms with Gasteiger partial charge in [0.2, 0.25) is 5.91 Å². The van der Waals surface area contributed by atoms with Crippen molar-refractivity contribution in [2.45, 2.75) is 32.7 Å². The van der Waals surface area contributed by atoms with Crippen LogP contribution in [0.1, 0.15) is 29.3 Å². The van der Waals surface area contributed by atoms with Crippen LogP contribution in [-0.4, -0.2) is 28.6 Å². The number of imidazole rings is 1. The second-order valence-electron chi connectivity index (χ2n) is 8.61. The first-order valence-corrected chi connectivity index (χ1v) is 11.6. The van der Waals surface area contributed by atoms with Gasteiger partial charge in [-0.2, -0.15) is 0 Å². The molecule has 1 atom stereocenters. The zero-order valence-corrected chi connectivity index (χ0v) is 19.5. The van der Waals surface area contributed by atoms with Crippen LogP contribution in [0.4, 0.5) is 5.69 Å². The molecule has 6 heteroatoms. The van der Waals surface area contributed by atoms with Crippen LogP contribution < -0.4 is 9.64 Å². The predicted octanol–water partition coefficient (Wildman–Crippen LogP) is 5.91. The van der Waals surface area contributed by atoms with Crippen LogP contribution in [0.25, 0.3) is 11.0 Å². The van der Waals surface area contributed by atoms with Gasteiger partial charge in [-0.25, -0.2) is 4.98 Å². The molecule has 0 bridgehead atoms. The van der Waals surface area contributed by atoms with Crippen molar-refractivity contribution in [1.29, 1.82) is 0 Å². The molecule has 0 radical (unpaired) electrons. The molecular weight excluding hydrogens is 434 g/mol. The number of benzene rings is 3. The van der Waals surface area contributed by atoms with E-state index in [1.54, 1.807) is 0 Å². The molecule has 5 rings (SSSR count). The van der Waals surface area contributed by atoms with Gasteiger partial charge in [-0.15, -0.1) is 0 Å². The Labute approximate surface area is 198 Å². The third-order valence-corrected chi connectivity index (χ3v) is 6.47. The van der Waals surface area contributed by atoms with Gasteiger partial charge in [-0.05, 0) is 61.9 Å². The number of rotatable bonds is 6. The summed E-state index contributed by atoms with van der Waals surface area (Å²) in [6.45, 7) is 5.90. The highest BCUT2D eigenvalue weighted by molar-refractivity contribution is 6.30. The minimum absolute atomic E-state index is 0.0288. The van der Waals surface area contributed by atoms with Crippen molar-refractivity contribution in [2.24, 2.45) is 0 Å². The highest BCUT2D eigenvalue weighted by Gasteiger charge is 2.35. The summed E-state index contributed by atoms with van der Waals surface area (Å²) < 4.78 is 8.16. The molecular formula is C27H26ClN3O2. The molecule has 1 saturated heterocycles. The van der Waals surface area contributed by atoms with Crippen molar-refractivity contribution in [1.82, 2.24) is 9.55 Å². The fraction of sp³-hybridized carbons (Fsp3) is 0.259. The van der Waals surface area contributed by atoms with Gasteiger partial charge in [0.15, 0.2) is 0 Å². The highest BCUT2D eigenvalue weighted by atomic mass is 35.5. The van der Waals surface area contributed by atoms with Crippen LogP contribution in [0, 0.1) is 13.8 Å². The molecule has 1 fully saturated rings. The smallest absolute Gasteiger partial charge is 0.227 e. The molecule has 0 spiro atoms. The van der Waals surface area contributed by atoms with Gasteiger partial charge in [-0.3, -0.25) is 4.79 Å². The van der Waals surface area contributed by atoms with E-state index in [2.05, 4.69) is 36.6 Å². The lowest BCUT2D eigenvalue weighted by atomic mass is 10.1. The van der Waals surface area contributed by atoms with Crippen molar-refractivity contribution in [2.75, 3.05) is 18.1 Å². The Hall–Kier alpha value is -3.31. The SMILES string of the molecule is Cc1ccc(N2C[C@H](c3nc4ccccc4n3CCOc3ccc(Cl)cc3)CC2=O)c(C)c1. The Morgan fingerprint density at radius 2 is 1.85 bits per heavy atom. The van der Waals surface area contributed by atoms with Crippen LogP contribution in [0.15, 0.2) is 66.7 Å². The summed E-state index contributed by atoms with van der Waals surface area (Å²) in [5, 5.41) is 0.685. The minimum Gasteiger partial charge on any atom is -0.492 e. The number of anilines is 1. The van der Waals surface area contributed by atoms with Gasteiger partial charge in [0.25, 0.3) is 0 Å². The van der Waals surface area contributed by atoms with E-state index >= 15 is 0 Å². The van der Waals surface area contributed by atoms with Crippen molar-refractivity contribution in [3.8, 4) is 5.75 Å². The number of amides is 1. The molecule has 1 aliphatic rings. The molecule has 0 saturated carbocycles. The lowest BCUT2D eigenvalue weighted by molar-refractivity contribution is -0.117. The normalized spacial score (nSPS) is 16.0. The first-order valence-electron chi connectivity index (χ1n) is 11.2. The van der Waals surface area contributed by atoms with Gasteiger partial charge in [0.05, 0.1) is 17.6 Å². The summed E-state index contributed by atoms with van der Waals surface area (Å²) in [6, 6.07) is 21.7. The van der Waals surface area contributed by atoms with E-state index in [1.807, 2.05) is 53.4 Å². The molecule has 1 aliphatic heterocycles. The van der Waals surface area contributed by atoms with Gasteiger partial charge in [0, 0.05) is 29.6 Å². The number of ether oxygens (including phenoxy) is 1. The van der Waals surface area contributed by atoms with Gasteiger partial charge in [-0.1, -0.05) is 41.4 Å². The largest absolute Gasteiger partial charge is 0.492 e. The highest BCUT2D eigenvalue weighted by Crippen LogP contribution is 2.34. The molecule has 0 N–H and O–H groups in total. The molecule has 4 aromatic rings. The third-order valence-electron chi connectivity index (χ3n) is 6.21. The maximum Gasteiger partial charge on any atom is 0.227 e. The Kier molecular flexibility index (Phi) is 5.81. The summed E-state index contributed by atoms with van der Waals surface area (Å²) in [7, 11) is 0. The molecule has 1 amide bonds. The number of aromatic nitrogens is 2. The lowest BCUT2D eigenvalue weighted by Crippen LogP contribution is -2.25. The van der Waals surface area contributed by atoms with Crippen molar-refractivity contribution < 1.29 is 9.53 Å². The molecule has 1 aromatic heterocycles. The predicted molar refractivity (Wildman–Crippen MR) is 132 cm³/mol. The van der Waals surface area contributed by atoms with E-state index in [0.29, 0.717) is 31.1 Å². The number of nitrogens with zero attached hydrogens (tertiary/aromatic N) is 3. The summed E-state index contributed by atoms with van der Waals surface area (Å²) in [5.74, 6) is 1.89. The Morgan fingerprint density at radius 1 is 1.06 bits per heavy atom. The molecule has 5 nitrogen and oxygen atoms in total. The van der Waals surface area contributed by atoms with Crippen molar-refractivity contribution in [3.63, 3.8) is 0 Å². The second kappa shape index (κ2) is 8.91. The number of halogens is 1. The summed E-state index contributed by atoms with van der Waals surface area (Å²) >= 11 is 5.97. The molecule has 2 heterocycles. The maximum atomic E-state index is 13.0. The number of para-hydroxylation sites is 2. The van der Waals surface area contributed by atoms with Crippen LogP contribution in [-0.2, 0) is 11.3 Å². The van der Waals surface area contributed by atoms with E-state index < -0.39 is 0 Å². The summed E-state index contributed by atoms with van der Waals surface area (Å²) in [6.07, 6.45) is 0.453. The molecule has 168 valence electrons. The number of carbonyl (C=O) groups is 1. The van der Waals surface area contributed by atoms with Crippen LogP contribution in [0.2, 0.25) is 5.02 Å². The van der Waals surface area contributed by atoms with Gasteiger partial charge >= 0.3 is 0 Å². The van der Waals surface area contributed by atoms with E-state index in [-0.39, 0.29) is 11.8 Å². The van der Waals surface area contributed by atoms with Crippen molar-refractivity contribution >= 4 is 34.2 Å². The lowest BCUT2D eigenvalue weighted by Gasteiger charge is -2.20. The summed E-state index contributed by atoms with van der Waals surface area (Å²) in [5.41, 5.74) is 5.30. The zero-order valence-electron chi connectivity index (χ0n) is 18.8. The molecule has 0 unspecified atom stereocenters. The first kappa shape index (κ1) is 21.5. The van der Waals surface area contributed by atoms with Crippen molar-refractivity contribution in [3.05, 3.63) is 88.7 Å². The van der Waals surface area contributed by atoms with E-state index in [9.17, 15) is 4.79 Å². The molecule has 33 heavy (non-hydrogen) atoms. The fourth-order valence-corrected chi connectivity index (χ4v) is 4.77. The average Bonchev–Trinajstić information content (AvgIpc) is 3.36. The minimum atomic E-state index is 0.0288. The summed E-state index contributed by atoms with van der Waals surface area (Å²) in [4.78, 5) is 19.9. The van der Waals surface area contributed by atoms with E-state index in [4.69, 9.17) is 21.3 Å². The standard InChI is InChI=1S/C27H26ClN3O2/c1-18-7-12-24(19(2)15-18)31-17-20(16-26(31)32)27-29-23-5-3-4-6-25(23)30(27)13-14-33-22-10-8-21(28)9-11-22/h3-12,15,20H,13-14,16-17H2,1-2H3/t20-/m1/s1. The van der Waals surface area contributed by atoms with Gasteiger partial charge in [0.1, 0.15) is 18.2 Å². The fourth-order valence-electron chi connectivity index (χ4n) is 4.65. The monoisotopic (exact) mass is 459 g/mol. The second-order valence-corrected chi connectivity index (χ2v) is 9.04. The van der Waals surface area contributed by atoms with Crippen LogP contribution in [0.3, 0.4) is 0 Å². The number of hydrogen-bond donors (Lipinski definition) is 0. The molecule has 0 aliphatic carbocycles. The van der Waals surface area contributed by atoms with E-state index in [1.165, 1.54) is 5.56 Å². The number of aryl methyl sites for hydroxylation is 2. The molecule has 3 aromatic carbocycles. The Bertz CT molecular complexity index is 1310. The Morgan fingerprint density at radius 3 is 2.64 bits per heavy atom. The quantitative estimate of drug-likeness (QED) is 0.360. The maximum absolute atomic E-state index is 13.0. The first-order chi connectivity index (χ1) is 16.0. The van der Waals surface area contributed by atoms with Crippen LogP contribution >= 0.6 is 11.6 Å². The number of hydrogen-bond acceptors (Lipinski definition) is 3. The van der Waals surface area contributed by atoms with Gasteiger partial charge < -0.3 is 14.2 Å². The van der Waals surface area contributed by atoms with E-state index in [0.717, 1.165) is 33.9 Å². The number of carbonyl (C=O) groups excluding carboxylic acids is 1. The van der Waals surface area contributed by atoms with Crippen LogP contribution in [0.5, 0.6) is 5.75 Å². The third kappa shape index (κ3) is 4.33.